The summed E-state index contributed by atoms with van der Waals surface area (Å²) in [7, 11) is 1.65. The van der Waals surface area contributed by atoms with E-state index in [4.69, 9.17) is 35.3 Å². The van der Waals surface area contributed by atoms with Gasteiger partial charge in [0.15, 0.2) is 0 Å². The Labute approximate surface area is 254 Å². The maximum atomic E-state index is 13.7. The molecule has 3 aliphatic rings. The van der Waals surface area contributed by atoms with E-state index in [0.717, 1.165) is 39.1 Å². The number of hydrogen-bond donors (Lipinski definition) is 0. The van der Waals surface area contributed by atoms with Crippen LogP contribution in [0.2, 0.25) is 5.02 Å². The molecule has 2 bridgehead atoms. The Bertz CT molecular complexity index is 1700. The molecular weight excluding hydrogens is 568 g/mol. The minimum absolute atomic E-state index is 0.0249. The summed E-state index contributed by atoms with van der Waals surface area (Å²) < 4.78 is 29.0. The fourth-order valence-electron chi connectivity index (χ4n) is 6.51. The minimum Gasteiger partial charge on any atom is -0.489 e. The average molecular weight is 599 g/mol. The van der Waals surface area contributed by atoms with Crippen LogP contribution in [-0.2, 0) is 29.4 Å². The Morgan fingerprint density at radius 3 is 2.14 bits per heavy atom. The lowest BCUT2D eigenvalue weighted by Crippen LogP contribution is -2.52. The fraction of sp³-hybridized carbons (Fsp3) is 0.257. The molecule has 0 aliphatic heterocycles. The average Bonchev–Trinajstić information content (AvgIpc) is 3.05. The molecule has 0 spiro atoms. The SMILES string of the molecule is C=CC(=O)OCCOc1ccc(OCCOC(=O)C2CC3c4ccccc4C2(OC)c2ccc(Cl)cc23)c2ccccc12. The molecule has 0 saturated heterocycles. The zero-order chi connectivity index (χ0) is 30.0. The molecule has 0 fully saturated rings. The van der Waals surface area contributed by atoms with Crippen molar-refractivity contribution in [1.29, 1.82) is 0 Å². The molecule has 0 radical (unpaired) electrons. The summed E-state index contributed by atoms with van der Waals surface area (Å²) >= 11 is 6.38. The molecule has 3 unspecified atom stereocenters. The van der Waals surface area contributed by atoms with Gasteiger partial charge in [0.1, 0.15) is 43.5 Å². The van der Waals surface area contributed by atoms with Crippen LogP contribution < -0.4 is 9.47 Å². The molecule has 0 saturated carbocycles. The van der Waals surface area contributed by atoms with Gasteiger partial charge in [-0.05, 0) is 52.9 Å². The quantitative estimate of drug-likeness (QED) is 0.110. The van der Waals surface area contributed by atoms with E-state index >= 15 is 0 Å². The van der Waals surface area contributed by atoms with Crippen molar-refractivity contribution in [3.8, 4) is 11.5 Å². The number of ether oxygens (including phenoxy) is 5. The lowest BCUT2D eigenvalue weighted by Gasteiger charge is -2.52. The number of benzene rings is 4. The van der Waals surface area contributed by atoms with Gasteiger partial charge in [-0.15, -0.1) is 0 Å². The highest BCUT2D eigenvalue weighted by Crippen LogP contribution is 2.59. The third-order valence-electron chi connectivity index (χ3n) is 8.28. The van der Waals surface area contributed by atoms with Gasteiger partial charge in [0, 0.05) is 34.9 Å². The number of methoxy groups -OCH3 is 1. The molecule has 4 aromatic carbocycles. The van der Waals surface area contributed by atoms with Gasteiger partial charge in [-0.25, -0.2) is 4.79 Å². The molecule has 43 heavy (non-hydrogen) atoms. The molecule has 3 atom stereocenters. The normalized spacial score (nSPS) is 19.7. The number of carbonyl (C=O) groups excluding carboxylic acids is 2. The summed E-state index contributed by atoms with van der Waals surface area (Å²) in [6, 6.07) is 25.2. The molecule has 4 aromatic rings. The number of carbonyl (C=O) groups is 2. The third-order valence-corrected chi connectivity index (χ3v) is 8.51. The lowest BCUT2D eigenvalue weighted by molar-refractivity contribution is -0.163. The first-order valence-electron chi connectivity index (χ1n) is 14.2. The predicted octanol–water partition coefficient (Wildman–Crippen LogP) is 6.58. The van der Waals surface area contributed by atoms with E-state index in [1.54, 1.807) is 13.2 Å². The zero-order valence-electron chi connectivity index (χ0n) is 23.7. The second-order valence-electron chi connectivity index (χ2n) is 10.4. The van der Waals surface area contributed by atoms with Gasteiger partial charge in [0.05, 0.1) is 5.92 Å². The Hall–Kier alpha value is -4.33. The van der Waals surface area contributed by atoms with Crippen molar-refractivity contribution in [2.75, 3.05) is 33.5 Å². The molecule has 3 aliphatic carbocycles. The van der Waals surface area contributed by atoms with Gasteiger partial charge in [-0.1, -0.05) is 72.8 Å². The molecular formula is C35H31ClO7. The van der Waals surface area contributed by atoms with E-state index in [9.17, 15) is 9.59 Å². The third kappa shape index (κ3) is 5.13. The second kappa shape index (κ2) is 12.1. The summed E-state index contributed by atoms with van der Waals surface area (Å²) in [5, 5.41) is 2.36. The highest BCUT2D eigenvalue weighted by molar-refractivity contribution is 6.30. The number of rotatable bonds is 11. The van der Waals surface area contributed by atoms with Crippen LogP contribution in [0.5, 0.6) is 11.5 Å². The molecule has 0 heterocycles. The van der Waals surface area contributed by atoms with Crippen molar-refractivity contribution in [2.45, 2.75) is 17.9 Å². The summed E-state index contributed by atoms with van der Waals surface area (Å²) in [4.78, 5) is 24.9. The molecule has 0 amide bonds. The van der Waals surface area contributed by atoms with Gasteiger partial charge in [-0.2, -0.15) is 0 Å². The van der Waals surface area contributed by atoms with E-state index in [1.807, 2.05) is 66.7 Å². The fourth-order valence-corrected chi connectivity index (χ4v) is 6.69. The molecule has 7 rings (SSSR count). The van der Waals surface area contributed by atoms with Crippen molar-refractivity contribution < 1.29 is 33.3 Å². The van der Waals surface area contributed by atoms with Crippen LogP contribution in [0.1, 0.15) is 34.6 Å². The molecule has 8 heteroatoms. The van der Waals surface area contributed by atoms with E-state index in [-0.39, 0.29) is 38.3 Å². The van der Waals surface area contributed by atoms with Gasteiger partial charge < -0.3 is 23.7 Å². The van der Waals surface area contributed by atoms with Crippen molar-refractivity contribution in [1.82, 2.24) is 0 Å². The van der Waals surface area contributed by atoms with E-state index < -0.39 is 17.5 Å². The van der Waals surface area contributed by atoms with E-state index in [0.29, 0.717) is 22.9 Å². The summed E-state index contributed by atoms with van der Waals surface area (Å²) in [6.45, 7) is 3.94. The van der Waals surface area contributed by atoms with Gasteiger partial charge in [0.2, 0.25) is 0 Å². The summed E-state index contributed by atoms with van der Waals surface area (Å²) in [5.74, 6) is -0.0295. The lowest BCUT2D eigenvalue weighted by atomic mass is 9.56. The van der Waals surface area contributed by atoms with E-state index in [1.165, 1.54) is 0 Å². The Morgan fingerprint density at radius 1 is 0.837 bits per heavy atom. The molecule has 220 valence electrons. The largest absolute Gasteiger partial charge is 0.489 e. The molecule has 7 nitrogen and oxygen atoms in total. The van der Waals surface area contributed by atoms with Crippen molar-refractivity contribution in [3.05, 3.63) is 119 Å². The molecule has 0 aromatic heterocycles. The minimum atomic E-state index is -0.959. The monoisotopic (exact) mass is 598 g/mol. The Morgan fingerprint density at radius 2 is 1.47 bits per heavy atom. The Balaban J connectivity index is 1.14. The smallest absolute Gasteiger partial charge is 0.330 e. The zero-order valence-corrected chi connectivity index (χ0v) is 24.5. The van der Waals surface area contributed by atoms with Crippen LogP contribution in [0.15, 0.2) is 91.5 Å². The Kier molecular flexibility index (Phi) is 8.10. The first-order chi connectivity index (χ1) is 21.0. The van der Waals surface area contributed by atoms with Gasteiger partial charge >= 0.3 is 11.9 Å². The summed E-state index contributed by atoms with van der Waals surface area (Å²) in [5.41, 5.74) is 3.25. The predicted molar refractivity (Wildman–Crippen MR) is 163 cm³/mol. The van der Waals surface area contributed by atoms with Crippen LogP contribution in [-0.4, -0.2) is 45.5 Å². The van der Waals surface area contributed by atoms with Crippen LogP contribution in [0.4, 0.5) is 0 Å². The number of halogens is 1. The van der Waals surface area contributed by atoms with Crippen LogP contribution >= 0.6 is 11.6 Å². The maximum Gasteiger partial charge on any atom is 0.330 e. The van der Waals surface area contributed by atoms with Gasteiger partial charge in [-0.3, -0.25) is 4.79 Å². The van der Waals surface area contributed by atoms with Crippen molar-refractivity contribution in [2.24, 2.45) is 5.92 Å². The van der Waals surface area contributed by atoms with Crippen molar-refractivity contribution in [3.63, 3.8) is 0 Å². The van der Waals surface area contributed by atoms with Crippen LogP contribution in [0, 0.1) is 5.92 Å². The topological polar surface area (TPSA) is 80.3 Å². The maximum absolute atomic E-state index is 13.7. The standard InChI is InChI=1S/C35H31ClO7/c1-3-33(37)42-18-16-40-31-14-15-32(25-10-5-4-9-24(25)31)41-17-19-43-34(38)30-21-26-23-8-6-7-11-28(23)35(30,39-2)29-13-12-22(36)20-27(26)29/h3-15,20,26,30H,1,16-19,21H2,2H3. The van der Waals surface area contributed by atoms with E-state index in [2.05, 4.69) is 12.6 Å². The van der Waals surface area contributed by atoms with Crippen molar-refractivity contribution >= 4 is 34.3 Å². The van der Waals surface area contributed by atoms with Crippen LogP contribution in [0.25, 0.3) is 10.8 Å². The number of esters is 2. The van der Waals surface area contributed by atoms with Gasteiger partial charge in [0.25, 0.3) is 0 Å². The number of hydrogen-bond acceptors (Lipinski definition) is 7. The highest BCUT2D eigenvalue weighted by atomic mass is 35.5. The first kappa shape index (κ1) is 28.8. The first-order valence-corrected chi connectivity index (χ1v) is 14.5. The highest BCUT2D eigenvalue weighted by Gasteiger charge is 2.58. The summed E-state index contributed by atoms with van der Waals surface area (Å²) in [6.07, 6.45) is 1.68. The second-order valence-corrected chi connectivity index (χ2v) is 10.9. The van der Waals surface area contributed by atoms with Crippen LogP contribution in [0.3, 0.4) is 0 Å². The molecule has 0 N–H and O–H groups in total. The number of fused-ring (bicyclic) bond motifs is 2.